The van der Waals surface area contributed by atoms with Crippen LogP contribution in [-0.2, 0) is 57.5 Å². The molecule has 502 valence electrons. The van der Waals surface area contributed by atoms with Crippen molar-refractivity contribution in [2.24, 2.45) is 41.4 Å². The number of carbonyl (C=O) groups excluding carboxylic acids is 11. The summed E-state index contributed by atoms with van der Waals surface area (Å²) in [6.07, 6.45) is 5.16. The van der Waals surface area contributed by atoms with Crippen LogP contribution in [0.15, 0.2) is 12.2 Å². The van der Waals surface area contributed by atoms with Crippen molar-refractivity contribution < 1.29 is 62.6 Å². The van der Waals surface area contributed by atoms with Crippen LogP contribution in [-0.4, -0.2) is 226 Å². The summed E-state index contributed by atoms with van der Waals surface area (Å²) in [5.74, 6) is -11.9. The highest BCUT2D eigenvalue weighted by Gasteiger charge is 2.46. The Morgan fingerprint density at radius 1 is 0.455 bits per heavy atom. The van der Waals surface area contributed by atoms with Crippen molar-refractivity contribution in [3.63, 3.8) is 0 Å². The van der Waals surface area contributed by atoms with Crippen LogP contribution in [0.3, 0.4) is 0 Å². The average molecular weight is 1240 g/mol. The van der Waals surface area contributed by atoms with Crippen LogP contribution >= 0.6 is 0 Å². The molecule has 88 heavy (non-hydrogen) atoms. The third-order valence-corrected chi connectivity index (χ3v) is 16.6. The fourth-order valence-electron chi connectivity index (χ4n) is 11.1. The standard InChI is InChI=1S/C64H113N11O13/c1-25-27-28-41(15)34-48-55(78)67-44(26-2)58(81)75(24)52(64(87)88)63(86)71(20)47(32-37(7)8)56(79)68-50(39(11)12)61(84)70(19)46(31-36(5)6)54(77)65-42(16)53(76)66-43(17)57(80)73(22)49(33-38(9)10)60(83)69(18)45(30-29-35(3)4)59(82)74(23)51(40(13)14)62(85)72(48)21/h25,27,35-52H,26,28-34H2,1-24H3,(H,65,77)(H,66,76)(H,67,78)(H,68,79)(H,87,88)/b27-25+/t41-,42-,43+,44-,45-,46-,47+,48-,49+,50-,51-,52?/m1/s1. The predicted octanol–water partition coefficient (Wildman–Crippen LogP) is 4.14. The molecule has 0 aliphatic carbocycles. The minimum atomic E-state index is -2.22. The van der Waals surface area contributed by atoms with E-state index < -0.39 is 149 Å². The second kappa shape index (κ2) is 36.1. The van der Waals surface area contributed by atoms with Gasteiger partial charge >= 0.3 is 5.97 Å². The minimum Gasteiger partial charge on any atom is -0.479 e. The van der Waals surface area contributed by atoms with Gasteiger partial charge in [0, 0.05) is 49.3 Å². The fraction of sp³-hybridized carbons (Fsp3) is 0.781. The highest BCUT2D eigenvalue weighted by atomic mass is 16.4. The number of hydrogen-bond acceptors (Lipinski definition) is 12. The zero-order chi connectivity index (χ0) is 68.3. The number of allylic oxidation sites excluding steroid dienone is 2. The molecule has 0 saturated carbocycles. The summed E-state index contributed by atoms with van der Waals surface area (Å²) in [6, 6.07) is -14.8. The van der Waals surface area contributed by atoms with Crippen LogP contribution < -0.4 is 21.3 Å². The molecular formula is C64H113N11O13. The van der Waals surface area contributed by atoms with Crippen LogP contribution in [0, 0.1) is 41.4 Å². The first-order chi connectivity index (χ1) is 40.6. The molecule has 0 aromatic rings. The second-order valence-electron chi connectivity index (χ2n) is 26.8. The zero-order valence-electron chi connectivity index (χ0n) is 57.7. The largest absolute Gasteiger partial charge is 0.479 e. The normalized spacial score (nSPS) is 26.8. The molecular weight excluding hydrogens is 1130 g/mol. The van der Waals surface area contributed by atoms with Crippen molar-refractivity contribution in [1.29, 1.82) is 0 Å². The summed E-state index contributed by atoms with van der Waals surface area (Å²) in [5.41, 5.74) is 0. The van der Waals surface area contributed by atoms with Crippen molar-refractivity contribution in [3.05, 3.63) is 12.2 Å². The van der Waals surface area contributed by atoms with Gasteiger partial charge in [0.25, 0.3) is 5.91 Å². The summed E-state index contributed by atoms with van der Waals surface area (Å²) in [6.45, 7) is 29.9. The van der Waals surface area contributed by atoms with E-state index in [9.17, 15) is 48.3 Å². The van der Waals surface area contributed by atoms with E-state index in [1.165, 1.54) is 80.6 Å². The molecule has 1 aliphatic heterocycles. The number of rotatable bonds is 17. The Labute approximate surface area is 525 Å². The van der Waals surface area contributed by atoms with E-state index in [1.807, 2.05) is 67.5 Å². The minimum absolute atomic E-state index is 0.0203. The molecule has 1 aliphatic rings. The van der Waals surface area contributed by atoms with Gasteiger partial charge in [0.15, 0.2) is 0 Å². The topological polar surface area (TPSA) is 296 Å². The summed E-state index contributed by atoms with van der Waals surface area (Å²) in [5, 5.41) is 21.6. The molecule has 0 aromatic carbocycles. The monoisotopic (exact) mass is 1240 g/mol. The lowest BCUT2D eigenvalue weighted by Crippen LogP contribution is -2.63. The first kappa shape index (κ1) is 79.4. The maximum absolute atomic E-state index is 15.2. The van der Waals surface area contributed by atoms with Crippen LogP contribution in [0.25, 0.3) is 0 Å². The van der Waals surface area contributed by atoms with Crippen molar-refractivity contribution in [3.8, 4) is 0 Å². The lowest BCUT2D eigenvalue weighted by Gasteiger charge is -2.41. The van der Waals surface area contributed by atoms with E-state index in [4.69, 9.17) is 0 Å². The van der Waals surface area contributed by atoms with Crippen molar-refractivity contribution in [2.45, 2.75) is 236 Å². The summed E-state index contributed by atoms with van der Waals surface area (Å²) >= 11 is 0. The molecule has 1 fully saturated rings. The van der Waals surface area contributed by atoms with Gasteiger partial charge in [-0.3, -0.25) is 52.7 Å². The SMILES string of the molecule is C/C=C/C[C@@H](C)C[C@@H]1C(=O)N[C@H](CC)C(=O)N(C)C(C(=O)O)C(=O)N(C)[C@@H](CC(C)C)C(=O)N[C@H](C(C)C)C(=O)N(C)[C@H](CC(C)C)C(=O)N[C@H](C)C(=O)N[C@@H](C)C(=O)N(C)[C@@H](CC(C)C)C(=O)N(C)[C@H](CCC(C)C)C(=O)N(C)[C@H](C(C)C)C(=O)N1C. The smallest absolute Gasteiger partial charge is 0.336 e. The molecule has 1 rings (SSSR count). The first-order valence-corrected chi connectivity index (χ1v) is 31.5. The van der Waals surface area contributed by atoms with Gasteiger partial charge in [-0.2, -0.15) is 0 Å². The van der Waals surface area contributed by atoms with E-state index in [0.29, 0.717) is 17.7 Å². The Morgan fingerprint density at radius 2 is 0.875 bits per heavy atom. The summed E-state index contributed by atoms with van der Waals surface area (Å²) in [7, 11) is 9.53. The quantitative estimate of drug-likeness (QED) is 0.101. The molecule has 0 bridgehead atoms. The van der Waals surface area contributed by atoms with Crippen molar-refractivity contribution in [2.75, 3.05) is 49.3 Å². The maximum atomic E-state index is 15.2. The number of nitrogens with one attached hydrogen (secondary N) is 4. The van der Waals surface area contributed by atoms with Gasteiger partial charge in [-0.25, -0.2) is 4.79 Å². The molecule has 0 spiro atoms. The van der Waals surface area contributed by atoms with E-state index in [1.54, 1.807) is 48.5 Å². The number of nitrogens with zero attached hydrogens (tertiary/aromatic N) is 7. The third kappa shape index (κ3) is 22.1. The molecule has 0 radical (unpaired) electrons. The number of amides is 11. The highest BCUT2D eigenvalue weighted by molar-refractivity contribution is 6.06. The Kier molecular flexibility index (Phi) is 32.6. The van der Waals surface area contributed by atoms with Crippen molar-refractivity contribution >= 4 is 70.9 Å². The molecule has 5 N–H and O–H groups in total. The maximum Gasteiger partial charge on any atom is 0.336 e. The Bertz CT molecular complexity index is 2450. The van der Waals surface area contributed by atoms with Crippen LogP contribution in [0.5, 0.6) is 0 Å². The van der Waals surface area contributed by atoms with Gasteiger partial charge < -0.3 is 60.7 Å². The number of likely N-dealkylation sites (N-methyl/N-ethyl adjacent to an activating group) is 7. The molecule has 24 heteroatoms. The van der Waals surface area contributed by atoms with Gasteiger partial charge in [-0.1, -0.05) is 109 Å². The van der Waals surface area contributed by atoms with E-state index >= 15 is 14.4 Å². The van der Waals surface area contributed by atoms with Gasteiger partial charge in [0.05, 0.1) is 0 Å². The van der Waals surface area contributed by atoms with Gasteiger partial charge in [-0.05, 0) is 114 Å². The summed E-state index contributed by atoms with van der Waals surface area (Å²) in [4.78, 5) is 183. The average Bonchev–Trinajstić information content (AvgIpc) is 3.54. The lowest BCUT2D eigenvalue weighted by molar-refractivity contribution is -0.160. The van der Waals surface area contributed by atoms with Crippen LogP contribution in [0.2, 0.25) is 0 Å². The second-order valence-corrected chi connectivity index (χ2v) is 26.8. The van der Waals surface area contributed by atoms with Gasteiger partial charge in [0.1, 0.15) is 60.4 Å². The molecule has 1 heterocycles. The number of carboxylic acid groups (broad SMARTS) is 1. The lowest BCUT2D eigenvalue weighted by atomic mass is 9.94. The molecule has 11 amide bonds. The number of carbonyl (C=O) groups is 12. The highest BCUT2D eigenvalue weighted by Crippen LogP contribution is 2.26. The first-order valence-electron chi connectivity index (χ1n) is 31.5. The number of hydrogen-bond donors (Lipinski definition) is 5. The molecule has 1 saturated heterocycles. The Hall–Kier alpha value is -6.62. The number of carboxylic acids is 1. The Morgan fingerprint density at radius 3 is 1.33 bits per heavy atom. The van der Waals surface area contributed by atoms with Crippen molar-refractivity contribution in [1.82, 2.24) is 55.6 Å². The third-order valence-electron chi connectivity index (χ3n) is 16.6. The molecule has 12 atom stereocenters. The number of aliphatic carboxylic acids is 1. The molecule has 0 aromatic heterocycles. The van der Waals surface area contributed by atoms with Gasteiger partial charge in [0.2, 0.25) is 65.1 Å². The van der Waals surface area contributed by atoms with E-state index in [0.717, 1.165) is 11.9 Å². The predicted molar refractivity (Wildman–Crippen MR) is 338 cm³/mol. The van der Waals surface area contributed by atoms with E-state index in [2.05, 4.69) is 21.3 Å². The Balaban J connectivity index is 4.43. The molecule has 24 nitrogen and oxygen atoms in total. The van der Waals surface area contributed by atoms with Crippen LogP contribution in [0.1, 0.15) is 169 Å². The fourth-order valence-corrected chi connectivity index (χ4v) is 11.1. The molecule has 1 unspecified atom stereocenters. The zero-order valence-corrected chi connectivity index (χ0v) is 57.7. The van der Waals surface area contributed by atoms with Crippen LogP contribution in [0.4, 0.5) is 0 Å². The summed E-state index contributed by atoms with van der Waals surface area (Å²) < 4.78 is 0. The van der Waals surface area contributed by atoms with Gasteiger partial charge in [-0.15, -0.1) is 0 Å². The van der Waals surface area contributed by atoms with E-state index in [-0.39, 0.29) is 68.1 Å².